The molecule has 28 heavy (non-hydrogen) atoms. The zero-order valence-electron chi connectivity index (χ0n) is 16.8. The van der Waals surface area contributed by atoms with Crippen molar-refractivity contribution in [2.24, 2.45) is 4.99 Å². The smallest absolute Gasteiger partial charge is 0.191 e. The van der Waals surface area contributed by atoms with E-state index in [2.05, 4.69) is 51.7 Å². The number of likely N-dealkylation sites (tertiary alicyclic amines) is 1. The van der Waals surface area contributed by atoms with Gasteiger partial charge in [-0.2, -0.15) is 0 Å². The molecule has 2 aromatic rings. The van der Waals surface area contributed by atoms with E-state index >= 15 is 0 Å². The van der Waals surface area contributed by atoms with Gasteiger partial charge in [-0.25, -0.2) is 9.98 Å². The van der Waals surface area contributed by atoms with Gasteiger partial charge in [0.1, 0.15) is 0 Å². The molecule has 1 saturated heterocycles. The molecule has 0 spiro atoms. The van der Waals surface area contributed by atoms with Gasteiger partial charge in [-0.05, 0) is 37.8 Å². The number of hydrogen-bond donors (Lipinski definition) is 2. The molecule has 0 radical (unpaired) electrons. The normalized spacial score (nSPS) is 21.3. The van der Waals surface area contributed by atoms with Gasteiger partial charge in [0.25, 0.3) is 0 Å². The average Bonchev–Trinajstić information content (AvgIpc) is 3.49. The second kappa shape index (κ2) is 9.24. The van der Waals surface area contributed by atoms with E-state index in [0.29, 0.717) is 12.6 Å². The minimum absolute atomic E-state index is 0.488. The SMILES string of the molecule is CCNC(=NCc1ccccc1-n1ccnc1)NC1CCN(C2CCCC2)C1. The van der Waals surface area contributed by atoms with Crippen molar-refractivity contribution in [3.05, 3.63) is 48.5 Å². The number of nitrogens with one attached hydrogen (secondary N) is 2. The molecule has 2 N–H and O–H groups in total. The van der Waals surface area contributed by atoms with Crippen LogP contribution < -0.4 is 10.6 Å². The van der Waals surface area contributed by atoms with Crippen LogP contribution in [0.15, 0.2) is 48.0 Å². The highest BCUT2D eigenvalue weighted by Crippen LogP contribution is 2.26. The Labute approximate surface area is 168 Å². The van der Waals surface area contributed by atoms with E-state index in [0.717, 1.165) is 30.8 Å². The minimum Gasteiger partial charge on any atom is -0.357 e. The summed E-state index contributed by atoms with van der Waals surface area (Å²) in [6.07, 6.45) is 12.4. The second-order valence-electron chi connectivity index (χ2n) is 7.86. The van der Waals surface area contributed by atoms with E-state index in [4.69, 9.17) is 4.99 Å². The highest BCUT2D eigenvalue weighted by Gasteiger charge is 2.30. The number of imidazole rings is 1. The van der Waals surface area contributed by atoms with Gasteiger partial charge in [0, 0.05) is 44.1 Å². The first-order valence-electron chi connectivity index (χ1n) is 10.7. The first-order valence-corrected chi connectivity index (χ1v) is 10.7. The molecule has 6 heteroatoms. The van der Waals surface area contributed by atoms with Gasteiger partial charge in [0.15, 0.2) is 5.96 Å². The van der Waals surface area contributed by atoms with Crippen molar-refractivity contribution >= 4 is 5.96 Å². The Hall–Kier alpha value is -2.34. The van der Waals surface area contributed by atoms with Gasteiger partial charge in [-0.1, -0.05) is 31.0 Å². The number of hydrogen-bond acceptors (Lipinski definition) is 3. The maximum atomic E-state index is 4.88. The average molecular weight is 381 g/mol. The molecule has 1 atom stereocenters. The first-order chi connectivity index (χ1) is 13.8. The fraction of sp³-hybridized carbons (Fsp3) is 0.545. The van der Waals surface area contributed by atoms with Crippen molar-refractivity contribution in [1.29, 1.82) is 0 Å². The quantitative estimate of drug-likeness (QED) is 0.598. The van der Waals surface area contributed by atoms with E-state index in [-0.39, 0.29) is 0 Å². The molecule has 1 saturated carbocycles. The van der Waals surface area contributed by atoms with E-state index in [1.54, 1.807) is 0 Å². The Bertz CT molecular complexity index is 763. The molecule has 2 heterocycles. The molecule has 0 bridgehead atoms. The number of benzene rings is 1. The standard InChI is InChI=1S/C22H32N6/c1-2-24-22(26-19-11-13-27(16-19)20-8-4-5-9-20)25-15-18-7-3-6-10-21(18)28-14-12-23-17-28/h3,6-7,10,12,14,17,19-20H,2,4-5,8-9,11,13,15-16H2,1H3,(H2,24,25,26). The van der Waals surface area contributed by atoms with Crippen LogP contribution in [0.25, 0.3) is 5.69 Å². The van der Waals surface area contributed by atoms with E-state index in [1.165, 1.54) is 44.2 Å². The van der Waals surface area contributed by atoms with Crippen molar-refractivity contribution in [2.45, 2.75) is 57.7 Å². The Morgan fingerprint density at radius 2 is 2.07 bits per heavy atom. The highest BCUT2D eigenvalue weighted by atomic mass is 15.3. The topological polar surface area (TPSA) is 57.5 Å². The van der Waals surface area contributed by atoms with E-state index in [1.807, 2.05) is 23.3 Å². The van der Waals surface area contributed by atoms with Gasteiger partial charge in [-0.15, -0.1) is 0 Å². The van der Waals surface area contributed by atoms with E-state index < -0.39 is 0 Å². The summed E-state index contributed by atoms with van der Waals surface area (Å²) in [5.74, 6) is 0.918. The van der Waals surface area contributed by atoms with Crippen LogP contribution in [0.3, 0.4) is 0 Å². The third kappa shape index (κ3) is 4.55. The lowest BCUT2D eigenvalue weighted by Gasteiger charge is -2.24. The van der Waals surface area contributed by atoms with Crippen LogP contribution in [-0.2, 0) is 6.54 Å². The predicted molar refractivity (Wildman–Crippen MR) is 114 cm³/mol. The molecule has 1 aliphatic heterocycles. The summed E-state index contributed by atoms with van der Waals surface area (Å²) >= 11 is 0. The van der Waals surface area contributed by atoms with Crippen molar-refractivity contribution in [3.63, 3.8) is 0 Å². The number of aliphatic imine (C=N–C) groups is 1. The molecule has 4 rings (SSSR count). The second-order valence-corrected chi connectivity index (χ2v) is 7.86. The summed E-state index contributed by atoms with van der Waals surface area (Å²) < 4.78 is 2.04. The summed E-state index contributed by atoms with van der Waals surface area (Å²) in [5.41, 5.74) is 2.32. The summed E-state index contributed by atoms with van der Waals surface area (Å²) in [5, 5.41) is 7.09. The van der Waals surface area contributed by atoms with Gasteiger partial charge < -0.3 is 15.2 Å². The number of aromatic nitrogens is 2. The Kier molecular flexibility index (Phi) is 6.27. The minimum atomic E-state index is 0.488. The zero-order chi connectivity index (χ0) is 19.2. The molecule has 1 unspecified atom stereocenters. The van der Waals surface area contributed by atoms with Gasteiger partial charge in [-0.3, -0.25) is 4.90 Å². The monoisotopic (exact) mass is 380 g/mol. The van der Waals surface area contributed by atoms with Crippen LogP contribution >= 0.6 is 0 Å². The fourth-order valence-electron chi connectivity index (χ4n) is 4.48. The number of rotatable bonds is 6. The molecular weight excluding hydrogens is 348 g/mol. The molecule has 2 aliphatic rings. The molecule has 2 fully saturated rings. The Morgan fingerprint density at radius 1 is 1.21 bits per heavy atom. The Balaban J connectivity index is 1.40. The van der Waals surface area contributed by atoms with Crippen LogP contribution in [0.4, 0.5) is 0 Å². The van der Waals surface area contributed by atoms with Crippen molar-refractivity contribution < 1.29 is 0 Å². The third-order valence-corrected chi connectivity index (χ3v) is 5.93. The molecule has 1 aliphatic carbocycles. The lowest BCUT2D eigenvalue weighted by molar-refractivity contribution is 0.242. The lowest BCUT2D eigenvalue weighted by Crippen LogP contribution is -2.45. The molecule has 6 nitrogen and oxygen atoms in total. The molecule has 1 aromatic heterocycles. The van der Waals surface area contributed by atoms with Crippen LogP contribution in [-0.4, -0.2) is 52.1 Å². The number of guanidine groups is 1. The van der Waals surface area contributed by atoms with Crippen LogP contribution in [0.2, 0.25) is 0 Å². The van der Waals surface area contributed by atoms with Gasteiger partial charge >= 0.3 is 0 Å². The number of para-hydroxylation sites is 1. The van der Waals surface area contributed by atoms with Crippen LogP contribution in [0.5, 0.6) is 0 Å². The summed E-state index contributed by atoms with van der Waals surface area (Å²) in [6, 6.07) is 9.68. The van der Waals surface area contributed by atoms with E-state index in [9.17, 15) is 0 Å². The predicted octanol–water partition coefficient (Wildman–Crippen LogP) is 2.94. The number of nitrogens with zero attached hydrogens (tertiary/aromatic N) is 4. The summed E-state index contributed by atoms with van der Waals surface area (Å²) in [4.78, 5) is 11.7. The maximum absolute atomic E-state index is 4.88. The van der Waals surface area contributed by atoms with Crippen molar-refractivity contribution in [1.82, 2.24) is 25.1 Å². The fourth-order valence-corrected chi connectivity index (χ4v) is 4.48. The summed E-state index contributed by atoms with van der Waals surface area (Å²) in [6.45, 7) is 5.98. The van der Waals surface area contributed by atoms with Gasteiger partial charge in [0.2, 0.25) is 0 Å². The largest absolute Gasteiger partial charge is 0.357 e. The molecule has 1 aromatic carbocycles. The zero-order valence-corrected chi connectivity index (χ0v) is 16.8. The summed E-state index contributed by atoms with van der Waals surface area (Å²) in [7, 11) is 0. The van der Waals surface area contributed by atoms with Crippen LogP contribution in [0.1, 0.15) is 44.6 Å². The van der Waals surface area contributed by atoms with Crippen molar-refractivity contribution in [2.75, 3.05) is 19.6 Å². The molecular formula is C22H32N6. The van der Waals surface area contributed by atoms with Gasteiger partial charge in [0.05, 0.1) is 18.6 Å². The Morgan fingerprint density at radius 3 is 2.86 bits per heavy atom. The maximum Gasteiger partial charge on any atom is 0.191 e. The highest BCUT2D eigenvalue weighted by molar-refractivity contribution is 5.80. The first kappa shape index (κ1) is 19.0. The molecule has 150 valence electrons. The van der Waals surface area contributed by atoms with Crippen molar-refractivity contribution in [3.8, 4) is 5.69 Å². The van der Waals surface area contributed by atoms with Crippen LogP contribution in [0, 0.1) is 0 Å². The lowest BCUT2D eigenvalue weighted by atomic mass is 10.2. The molecule has 0 amide bonds. The third-order valence-electron chi connectivity index (χ3n) is 5.93.